The van der Waals surface area contributed by atoms with Crippen LogP contribution in [0.2, 0.25) is 0 Å². The fourth-order valence-corrected chi connectivity index (χ4v) is 1.05. The van der Waals surface area contributed by atoms with Crippen molar-refractivity contribution >= 4 is 11.6 Å². The summed E-state index contributed by atoms with van der Waals surface area (Å²) in [5.74, 6) is 0.557. The average Bonchev–Trinajstić information content (AvgIpc) is 2.16. The number of nitrogens with zero attached hydrogens (tertiary/aromatic N) is 1. The normalized spacial score (nSPS) is 11.5. The predicted molar refractivity (Wildman–Crippen MR) is 50.0 cm³/mol. The Hall–Kier alpha value is -0.970. The van der Waals surface area contributed by atoms with E-state index in [4.69, 9.17) is 16.3 Å². The van der Waals surface area contributed by atoms with Crippen LogP contribution in [0, 0.1) is 0 Å². The Bertz CT molecular complexity index is 316. The fraction of sp³-hybridized carbons (Fsp3) is 0.444. The molecule has 2 nitrogen and oxygen atoms in total. The molecule has 1 heterocycles. The van der Waals surface area contributed by atoms with Crippen LogP contribution >= 0.6 is 11.6 Å². The maximum atomic E-state index is 11.8. The Labute approximate surface area is 90.0 Å². The van der Waals surface area contributed by atoms with Gasteiger partial charge in [-0.3, -0.25) is 4.98 Å². The fourth-order valence-electron chi connectivity index (χ4n) is 0.904. The van der Waals surface area contributed by atoms with Crippen molar-refractivity contribution in [3.63, 3.8) is 0 Å². The summed E-state index contributed by atoms with van der Waals surface area (Å²) in [7, 11) is 0. The summed E-state index contributed by atoms with van der Waals surface area (Å²) in [4.78, 5) is 3.88. The standard InChI is InChI=1S/C9H9ClF3NO/c10-6-7-5-8(1-3-14-7)15-4-2-9(11,12)13/h1,3,5H,2,4,6H2. The average molecular weight is 240 g/mol. The number of aromatic nitrogens is 1. The molecule has 0 unspecified atom stereocenters. The minimum atomic E-state index is -4.19. The van der Waals surface area contributed by atoms with Crippen LogP contribution in [0.25, 0.3) is 0 Å². The number of halogens is 4. The molecular formula is C9H9ClF3NO. The van der Waals surface area contributed by atoms with E-state index in [-0.39, 0.29) is 5.88 Å². The molecule has 0 bridgehead atoms. The first kappa shape index (κ1) is 12.1. The van der Waals surface area contributed by atoms with E-state index in [0.717, 1.165) is 0 Å². The lowest BCUT2D eigenvalue weighted by Gasteiger charge is -2.08. The summed E-state index contributed by atoms with van der Waals surface area (Å²) in [6, 6.07) is 3.01. The van der Waals surface area contributed by atoms with Crippen LogP contribution in [0.1, 0.15) is 12.1 Å². The lowest BCUT2D eigenvalue weighted by Crippen LogP contribution is -2.13. The molecule has 0 aliphatic carbocycles. The second-order valence-corrected chi connectivity index (χ2v) is 3.10. The number of hydrogen-bond donors (Lipinski definition) is 0. The molecule has 0 saturated carbocycles. The first-order valence-corrected chi connectivity index (χ1v) is 4.75. The van der Waals surface area contributed by atoms with E-state index in [2.05, 4.69) is 4.98 Å². The number of alkyl halides is 4. The van der Waals surface area contributed by atoms with Gasteiger partial charge in [-0.2, -0.15) is 13.2 Å². The number of hydrogen-bond acceptors (Lipinski definition) is 2. The lowest BCUT2D eigenvalue weighted by molar-refractivity contribution is -0.139. The number of pyridine rings is 1. The molecule has 1 aromatic heterocycles. The Balaban J connectivity index is 2.44. The maximum Gasteiger partial charge on any atom is 0.392 e. The third-order valence-corrected chi connectivity index (χ3v) is 1.85. The molecule has 84 valence electrons. The van der Waals surface area contributed by atoms with Crippen LogP contribution in [0.5, 0.6) is 5.75 Å². The summed E-state index contributed by atoms with van der Waals surface area (Å²) in [6.07, 6.45) is -3.71. The van der Waals surface area contributed by atoms with Gasteiger partial charge in [0.05, 0.1) is 24.6 Å². The second kappa shape index (κ2) is 5.21. The van der Waals surface area contributed by atoms with E-state index in [9.17, 15) is 13.2 Å². The third kappa shape index (κ3) is 4.88. The van der Waals surface area contributed by atoms with Gasteiger partial charge in [0.15, 0.2) is 0 Å². The van der Waals surface area contributed by atoms with Crippen LogP contribution < -0.4 is 4.74 Å². The summed E-state index contributed by atoms with van der Waals surface area (Å²) in [5.41, 5.74) is 0.571. The van der Waals surface area contributed by atoms with Crippen LogP contribution in [-0.4, -0.2) is 17.8 Å². The molecule has 0 atom stereocenters. The molecule has 0 aliphatic rings. The van der Waals surface area contributed by atoms with E-state index < -0.39 is 19.2 Å². The first-order valence-electron chi connectivity index (χ1n) is 4.22. The van der Waals surface area contributed by atoms with E-state index >= 15 is 0 Å². The second-order valence-electron chi connectivity index (χ2n) is 2.83. The van der Waals surface area contributed by atoms with Crippen molar-refractivity contribution in [2.24, 2.45) is 0 Å². The molecular weight excluding hydrogens is 231 g/mol. The monoisotopic (exact) mass is 239 g/mol. The highest BCUT2D eigenvalue weighted by Crippen LogP contribution is 2.20. The van der Waals surface area contributed by atoms with Gasteiger partial charge in [-0.05, 0) is 6.07 Å². The Morgan fingerprint density at radius 3 is 2.73 bits per heavy atom. The van der Waals surface area contributed by atoms with Crippen molar-refractivity contribution in [2.45, 2.75) is 18.5 Å². The Morgan fingerprint density at radius 1 is 1.40 bits per heavy atom. The predicted octanol–water partition coefficient (Wildman–Crippen LogP) is 3.15. The Morgan fingerprint density at radius 2 is 2.13 bits per heavy atom. The molecule has 0 N–H and O–H groups in total. The van der Waals surface area contributed by atoms with Gasteiger partial charge in [-0.1, -0.05) is 0 Å². The van der Waals surface area contributed by atoms with Crippen molar-refractivity contribution in [1.29, 1.82) is 0 Å². The minimum absolute atomic E-state index is 0.205. The van der Waals surface area contributed by atoms with Crippen LogP contribution in [-0.2, 0) is 5.88 Å². The van der Waals surface area contributed by atoms with E-state index in [1.807, 2.05) is 0 Å². The molecule has 1 aromatic rings. The molecule has 0 aliphatic heterocycles. The summed E-state index contributed by atoms with van der Waals surface area (Å²) >= 11 is 5.51. The molecule has 0 radical (unpaired) electrons. The summed E-state index contributed by atoms with van der Waals surface area (Å²) in [6.45, 7) is -0.394. The molecule has 0 saturated heterocycles. The smallest absolute Gasteiger partial charge is 0.392 e. The Kier molecular flexibility index (Phi) is 4.20. The van der Waals surface area contributed by atoms with Crippen LogP contribution in [0.4, 0.5) is 13.2 Å². The number of ether oxygens (including phenoxy) is 1. The largest absolute Gasteiger partial charge is 0.493 e. The van der Waals surface area contributed by atoms with Gasteiger partial charge < -0.3 is 4.74 Å². The van der Waals surface area contributed by atoms with E-state index in [1.165, 1.54) is 18.3 Å². The maximum absolute atomic E-state index is 11.8. The molecule has 0 fully saturated rings. The van der Waals surface area contributed by atoms with Gasteiger partial charge in [0.2, 0.25) is 0 Å². The first-order chi connectivity index (χ1) is 7.01. The van der Waals surface area contributed by atoms with Crippen molar-refractivity contribution < 1.29 is 17.9 Å². The zero-order valence-electron chi connectivity index (χ0n) is 7.72. The van der Waals surface area contributed by atoms with Crippen molar-refractivity contribution in [3.05, 3.63) is 24.0 Å². The lowest BCUT2D eigenvalue weighted by atomic mass is 10.3. The molecule has 1 rings (SSSR count). The highest BCUT2D eigenvalue weighted by Gasteiger charge is 2.26. The zero-order chi connectivity index (χ0) is 11.3. The van der Waals surface area contributed by atoms with Crippen molar-refractivity contribution in [3.8, 4) is 5.75 Å². The molecule has 0 spiro atoms. The SMILES string of the molecule is FC(F)(F)CCOc1ccnc(CCl)c1. The molecule has 0 aromatic carbocycles. The minimum Gasteiger partial charge on any atom is -0.493 e. The van der Waals surface area contributed by atoms with Crippen molar-refractivity contribution in [1.82, 2.24) is 4.98 Å². The summed E-state index contributed by atoms with van der Waals surface area (Å²) in [5, 5.41) is 0. The highest BCUT2D eigenvalue weighted by molar-refractivity contribution is 6.16. The van der Waals surface area contributed by atoms with Gasteiger partial charge in [-0.25, -0.2) is 0 Å². The third-order valence-electron chi connectivity index (χ3n) is 1.58. The zero-order valence-corrected chi connectivity index (χ0v) is 8.48. The van der Waals surface area contributed by atoms with E-state index in [0.29, 0.717) is 11.4 Å². The van der Waals surface area contributed by atoms with Crippen LogP contribution in [0.15, 0.2) is 18.3 Å². The van der Waals surface area contributed by atoms with Crippen LogP contribution in [0.3, 0.4) is 0 Å². The van der Waals surface area contributed by atoms with Gasteiger partial charge in [0, 0.05) is 12.3 Å². The number of rotatable bonds is 4. The summed E-state index contributed by atoms with van der Waals surface area (Å²) < 4.78 is 40.3. The quantitative estimate of drug-likeness (QED) is 0.753. The van der Waals surface area contributed by atoms with E-state index in [1.54, 1.807) is 0 Å². The van der Waals surface area contributed by atoms with Gasteiger partial charge in [-0.15, -0.1) is 11.6 Å². The highest BCUT2D eigenvalue weighted by atomic mass is 35.5. The van der Waals surface area contributed by atoms with Crippen molar-refractivity contribution in [2.75, 3.05) is 6.61 Å². The topological polar surface area (TPSA) is 22.1 Å². The van der Waals surface area contributed by atoms with Gasteiger partial charge in [0.1, 0.15) is 5.75 Å². The molecule has 6 heteroatoms. The molecule has 15 heavy (non-hydrogen) atoms. The van der Waals surface area contributed by atoms with Gasteiger partial charge >= 0.3 is 6.18 Å². The molecule has 0 amide bonds. The van der Waals surface area contributed by atoms with Gasteiger partial charge in [0.25, 0.3) is 0 Å².